The average molecular weight is 274 g/mol. The molecule has 108 valence electrons. The molecule has 0 saturated carbocycles. The Morgan fingerprint density at radius 1 is 1.40 bits per heavy atom. The quantitative estimate of drug-likeness (QED) is 0.858. The molecule has 1 aliphatic heterocycles. The van der Waals surface area contributed by atoms with E-state index in [-0.39, 0.29) is 5.91 Å². The summed E-state index contributed by atoms with van der Waals surface area (Å²) >= 11 is 0. The zero-order chi connectivity index (χ0) is 14.5. The molecule has 1 unspecified atom stereocenters. The standard InChI is InChI=1S/C16H22N2O2/c1-2-14(16(17)20)18-11-13(10-15(18)19)9-8-12-6-4-3-5-7-12/h3-7,13-14H,2,8-11H2,1H3,(H2,17,20)/t13?,14-/m0/s1. The second-order valence-corrected chi connectivity index (χ2v) is 5.47. The number of aryl methyl sites for hydroxylation is 1. The fourth-order valence-electron chi connectivity index (χ4n) is 2.89. The second-order valence-electron chi connectivity index (χ2n) is 5.47. The van der Waals surface area contributed by atoms with Gasteiger partial charge in [-0.05, 0) is 30.7 Å². The van der Waals surface area contributed by atoms with E-state index < -0.39 is 11.9 Å². The molecule has 0 aromatic heterocycles. The minimum Gasteiger partial charge on any atom is -0.368 e. The third-order valence-electron chi connectivity index (χ3n) is 4.01. The highest BCUT2D eigenvalue weighted by Gasteiger charge is 2.35. The highest BCUT2D eigenvalue weighted by atomic mass is 16.2. The highest BCUT2D eigenvalue weighted by Crippen LogP contribution is 2.25. The summed E-state index contributed by atoms with van der Waals surface area (Å²) in [5.41, 5.74) is 6.66. The molecule has 1 aromatic rings. The number of carbonyl (C=O) groups is 2. The Morgan fingerprint density at radius 3 is 2.70 bits per heavy atom. The third kappa shape index (κ3) is 3.38. The van der Waals surface area contributed by atoms with Crippen LogP contribution in [0.3, 0.4) is 0 Å². The maximum atomic E-state index is 12.0. The lowest BCUT2D eigenvalue weighted by atomic mass is 9.99. The Balaban J connectivity index is 1.90. The van der Waals surface area contributed by atoms with Gasteiger partial charge in [0.2, 0.25) is 11.8 Å². The van der Waals surface area contributed by atoms with Gasteiger partial charge in [0.1, 0.15) is 6.04 Å². The van der Waals surface area contributed by atoms with E-state index in [0.717, 1.165) is 12.8 Å². The molecule has 2 N–H and O–H groups in total. The number of nitrogens with zero attached hydrogens (tertiary/aromatic N) is 1. The molecule has 20 heavy (non-hydrogen) atoms. The molecule has 0 spiro atoms. The lowest BCUT2D eigenvalue weighted by molar-refractivity contribution is -0.136. The van der Waals surface area contributed by atoms with Crippen molar-refractivity contribution in [2.45, 2.75) is 38.6 Å². The van der Waals surface area contributed by atoms with Gasteiger partial charge in [0.15, 0.2) is 0 Å². The summed E-state index contributed by atoms with van der Waals surface area (Å²) in [7, 11) is 0. The van der Waals surface area contributed by atoms with Crippen LogP contribution in [0.4, 0.5) is 0 Å². The van der Waals surface area contributed by atoms with E-state index in [4.69, 9.17) is 5.73 Å². The van der Waals surface area contributed by atoms with Crippen molar-refractivity contribution in [3.8, 4) is 0 Å². The molecule has 4 heteroatoms. The molecule has 1 fully saturated rings. The maximum absolute atomic E-state index is 12.0. The number of rotatable bonds is 6. The molecule has 1 aliphatic rings. The smallest absolute Gasteiger partial charge is 0.240 e. The lowest BCUT2D eigenvalue weighted by Gasteiger charge is -2.24. The average Bonchev–Trinajstić information content (AvgIpc) is 2.79. The summed E-state index contributed by atoms with van der Waals surface area (Å²) < 4.78 is 0. The van der Waals surface area contributed by atoms with Gasteiger partial charge in [0.05, 0.1) is 0 Å². The molecule has 4 nitrogen and oxygen atoms in total. The van der Waals surface area contributed by atoms with Crippen molar-refractivity contribution in [1.29, 1.82) is 0 Å². The van der Waals surface area contributed by atoms with Gasteiger partial charge in [-0.2, -0.15) is 0 Å². The number of likely N-dealkylation sites (tertiary alicyclic amines) is 1. The number of hydrogen-bond acceptors (Lipinski definition) is 2. The van der Waals surface area contributed by atoms with Gasteiger partial charge in [-0.3, -0.25) is 9.59 Å². The molecule has 1 aromatic carbocycles. The lowest BCUT2D eigenvalue weighted by Crippen LogP contribution is -2.45. The first-order valence-corrected chi connectivity index (χ1v) is 7.24. The molecule has 0 bridgehead atoms. The number of primary amides is 1. The van der Waals surface area contributed by atoms with Gasteiger partial charge in [-0.1, -0.05) is 37.3 Å². The van der Waals surface area contributed by atoms with Crippen LogP contribution in [0, 0.1) is 5.92 Å². The predicted octanol–water partition coefficient (Wildman–Crippen LogP) is 1.73. The van der Waals surface area contributed by atoms with Crippen molar-refractivity contribution in [3.05, 3.63) is 35.9 Å². The van der Waals surface area contributed by atoms with Crippen LogP contribution >= 0.6 is 0 Å². The Kier molecular flexibility index (Phi) is 4.77. The Bertz CT molecular complexity index is 473. The Morgan fingerprint density at radius 2 is 2.10 bits per heavy atom. The topological polar surface area (TPSA) is 63.4 Å². The molecule has 1 saturated heterocycles. The first kappa shape index (κ1) is 14.6. The Labute approximate surface area is 119 Å². The van der Waals surface area contributed by atoms with E-state index in [2.05, 4.69) is 12.1 Å². The first-order valence-electron chi connectivity index (χ1n) is 7.24. The first-order chi connectivity index (χ1) is 9.61. The number of nitrogens with two attached hydrogens (primary N) is 1. The van der Waals surface area contributed by atoms with E-state index in [9.17, 15) is 9.59 Å². The number of hydrogen-bond donors (Lipinski definition) is 1. The van der Waals surface area contributed by atoms with E-state index in [1.54, 1.807) is 4.90 Å². The largest absolute Gasteiger partial charge is 0.368 e. The molecule has 2 rings (SSSR count). The molecular weight excluding hydrogens is 252 g/mol. The zero-order valence-electron chi connectivity index (χ0n) is 11.9. The van der Waals surface area contributed by atoms with Crippen molar-refractivity contribution in [3.63, 3.8) is 0 Å². The van der Waals surface area contributed by atoms with Crippen LogP contribution in [-0.4, -0.2) is 29.3 Å². The van der Waals surface area contributed by atoms with Gasteiger partial charge in [0.25, 0.3) is 0 Å². The number of benzene rings is 1. The minimum atomic E-state index is -0.441. The van der Waals surface area contributed by atoms with Gasteiger partial charge < -0.3 is 10.6 Å². The summed E-state index contributed by atoms with van der Waals surface area (Å²) in [6.07, 6.45) is 3.07. The van der Waals surface area contributed by atoms with E-state index in [1.807, 2.05) is 25.1 Å². The summed E-state index contributed by atoms with van der Waals surface area (Å²) in [5.74, 6) is -0.00521. The van der Waals surface area contributed by atoms with Crippen molar-refractivity contribution < 1.29 is 9.59 Å². The van der Waals surface area contributed by atoms with Crippen molar-refractivity contribution in [2.75, 3.05) is 6.54 Å². The van der Waals surface area contributed by atoms with Crippen LogP contribution in [-0.2, 0) is 16.0 Å². The third-order valence-corrected chi connectivity index (χ3v) is 4.01. The second kappa shape index (κ2) is 6.55. The monoisotopic (exact) mass is 274 g/mol. The predicted molar refractivity (Wildman–Crippen MR) is 77.9 cm³/mol. The van der Waals surface area contributed by atoms with Gasteiger partial charge >= 0.3 is 0 Å². The minimum absolute atomic E-state index is 0.0636. The number of amides is 2. The van der Waals surface area contributed by atoms with Crippen molar-refractivity contribution in [1.82, 2.24) is 4.90 Å². The fraction of sp³-hybridized carbons (Fsp3) is 0.500. The van der Waals surface area contributed by atoms with Crippen LogP contribution in [0.2, 0.25) is 0 Å². The Hall–Kier alpha value is -1.84. The maximum Gasteiger partial charge on any atom is 0.240 e. The molecular formula is C16H22N2O2. The summed E-state index contributed by atoms with van der Waals surface area (Å²) in [6, 6.07) is 9.83. The summed E-state index contributed by atoms with van der Waals surface area (Å²) in [6.45, 7) is 2.55. The van der Waals surface area contributed by atoms with Crippen LogP contribution in [0.1, 0.15) is 31.7 Å². The van der Waals surface area contributed by atoms with Gasteiger partial charge in [-0.25, -0.2) is 0 Å². The summed E-state index contributed by atoms with van der Waals surface area (Å²) in [4.78, 5) is 25.1. The SMILES string of the molecule is CC[C@@H](C(N)=O)N1CC(CCc2ccccc2)CC1=O. The molecule has 2 amide bonds. The van der Waals surface area contributed by atoms with Gasteiger partial charge in [-0.15, -0.1) is 0 Å². The zero-order valence-corrected chi connectivity index (χ0v) is 11.9. The molecule has 0 aliphatic carbocycles. The van der Waals surface area contributed by atoms with Crippen LogP contribution in [0.25, 0.3) is 0 Å². The van der Waals surface area contributed by atoms with E-state index in [1.165, 1.54) is 5.56 Å². The van der Waals surface area contributed by atoms with E-state index >= 15 is 0 Å². The highest BCUT2D eigenvalue weighted by molar-refractivity contribution is 5.87. The van der Waals surface area contributed by atoms with Crippen LogP contribution in [0.5, 0.6) is 0 Å². The number of carbonyl (C=O) groups excluding carboxylic acids is 2. The molecule has 0 radical (unpaired) electrons. The molecule has 1 heterocycles. The normalized spacial score (nSPS) is 20.1. The van der Waals surface area contributed by atoms with Crippen molar-refractivity contribution in [2.24, 2.45) is 11.7 Å². The van der Waals surface area contributed by atoms with Crippen molar-refractivity contribution >= 4 is 11.8 Å². The fourth-order valence-corrected chi connectivity index (χ4v) is 2.89. The van der Waals surface area contributed by atoms with Crippen LogP contribution < -0.4 is 5.73 Å². The van der Waals surface area contributed by atoms with Crippen LogP contribution in [0.15, 0.2) is 30.3 Å². The molecule has 2 atom stereocenters. The summed E-state index contributed by atoms with van der Waals surface area (Å²) in [5, 5.41) is 0. The van der Waals surface area contributed by atoms with Gasteiger partial charge in [0, 0.05) is 13.0 Å². The van der Waals surface area contributed by atoms with E-state index in [0.29, 0.717) is 25.3 Å².